The molecule has 7 nitrogen and oxygen atoms in total. The van der Waals surface area contributed by atoms with Crippen LogP contribution in [-0.2, 0) is 20.7 Å². The fourth-order valence-electron chi connectivity index (χ4n) is 2.42. The Labute approximate surface area is 145 Å². The number of aryl methyl sites for hydroxylation is 1. The Morgan fingerprint density at radius 1 is 1.21 bits per heavy atom. The number of nitrogens with zero attached hydrogens (tertiary/aromatic N) is 2. The van der Waals surface area contributed by atoms with E-state index in [0.29, 0.717) is 45.6 Å². The van der Waals surface area contributed by atoms with Crippen molar-refractivity contribution in [3.8, 4) is 0 Å². The highest BCUT2D eigenvalue weighted by atomic mass is 32.1. The van der Waals surface area contributed by atoms with Crippen LogP contribution in [0.1, 0.15) is 18.2 Å². The summed E-state index contributed by atoms with van der Waals surface area (Å²) in [5.74, 6) is -0.245. The zero-order valence-electron chi connectivity index (χ0n) is 13.8. The molecule has 1 saturated heterocycles. The first kappa shape index (κ1) is 18.3. The van der Waals surface area contributed by atoms with Crippen LogP contribution in [0, 0.1) is 0 Å². The summed E-state index contributed by atoms with van der Waals surface area (Å²) in [6.45, 7) is 3.94. The van der Waals surface area contributed by atoms with Gasteiger partial charge in [0.05, 0.1) is 13.2 Å². The van der Waals surface area contributed by atoms with Gasteiger partial charge < -0.3 is 19.9 Å². The van der Waals surface area contributed by atoms with Gasteiger partial charge in [-0.3, -0.25) is 9.59 Å². The lowest BCUT2D eigenvalue weighted by molar-refractivity contribution is -0.134. The lowest BCUT2D eigenvalue weighted by Gasteiger charge is -2.34. The van der Waals surface area contributed by atoms with Crippen molar-refractivity contribution >= 4 is 29.2 Å². The molecular weight excluding hydrogens is 330 g/mol. The minimum Gasteiger partial charge on any atom is -0.450 e. The molecule has 2 rings (SSSR count). The fraction of sp³-hybridized carbons (Fsp3) is 0.562. The molecule has 1 N–H and O–H groups in total. The minimum atomic E-state index is -0.341. The van der Waals surface area contributed by atoms with Crippen molar-refractivity contribution in [2.45, 2.75) is 19.8 Å². The number of thiophene rings is 1. The van der Waals surface area contributed by atoms with E-state index in [9.17, 15) is 14.4 Å². The summed E-state index contributed by atoms with van der Waals surface area (Å²) in [5.41, 5.74) is 0. The number of carbonyl (C=O) groups is 3. The summed E-state index contributed by atoms with van der Waals surface area (Å²) >= 11 is 1.62. The predicted octanol–water partition coefficient (Wildman–Crippen LogP) is 1.10. The van der Waals surface area contributed by atoms with Crippen LogP contribution in [0.5, 0.6) is 0 Å². The van der Waals surface area contributed by atoms with Gasteiger partial charge in [-0.2, -0.15) is 0 Å². The van der Waals surface area contributed by atoms with Gasteiger partial charge in [0.1, 0.15) is 0 Å². The molecule has 24 heavy (non-hydrogen) atoms. The molecule has 0 unspecified atom stereocenters. The van der Waals surface area contributed by atoms with E-state index in [4.69, 9.17) is 4.74 Å². The Morgan fingerprint density at radius 2 is 1.92 bits per heavy atom. The number of carbonyl (C=O) groups excluding carboxylic acids is 3. The van der Waals surface area contributed by atoms with Gasteiger partial charge in [0.15, 0.2) is 0 Å². The number of nitrogens with one attached hydrogen (secondary N) is 1. The highest BCUT2D eigenvalue weighted by molar-refractivity contribution is 7.09. The normalized spacial score (nSPS) is 14.4. The van der Waals surface area contributed by atoms with Crippen molar-refractivity contribution in [1.82, 2.24) is 15.1 Å². The van der Waals surface area contributed by atoms with Crippen molar-refractivity contribution in [3.63, 3.8) is 0 Å². The van der Waals surface area contributed by atoms with Gasteiger partial charge in [0.25, 0.3) is 0 Å². The van der Waals surface area contributed by atoms with Crippen LogP contribution >= 0.6 is 11.3 Å². The Balaban J connectivity index is 1.64. The van der Waals surface area contributed by atoms with Crippen molar-refractivity contribution in [3.05, 3.63) is 22.4 Å². The monoisotopic (exact) mass is 353 g/mol. The van der Waals surface area contributed by atoms with E-state index in [2.05, 4.69) is 5.32 Å². The van der Waals surface area contributed by atoms with E-state index in [0.717, 1.165) is 4.88 Å². The van der Waals surface area contributed by atoms with Crippen LogP contribution in [0.15, 0.2) is 17.5 Å². The topological polar surface area (TPSA) is 79.0 Å². The third kappa shape index (κ3) is 5.52. The number of hydrogen-bond acceptors (Lipinski definition) is 5. The molecule has 0 saturated carbocycles. The van der Waals surface area contributed by atoms with Crippen LogP contribution in [0.3, 0.4) is 0 Å². The number of ether oxygens (including phenoxy) is 1. The first-order valence-electron chi connectivity index (χ1n) is 8.08. The number of piperazine rings is 1. The lowest BCUT2D eigenvalue weighted by Crippen LogP contribution is -2.52. The molecule has 0 spiro atoms. The van der Waals surface area contributed by atoms with Crippen LogP contribution in [-0.4, -0.2) is 67.0 Å². The molecule has 1 aliphatic rings. The fourth-order valence-corrected chi connectivity index (χ4v) is 3.13. The van der Waals surface area contributed by atoms with Crippen molar-refractivity contribution in [1.29, 1.82) is 0 Å². The lowest BCUT2D eigenvalue weighted by atomic mass is 10.2. The van der Waals surface area contributed by atoms with Gasteiger partial charge >= 0.3 is 6.09 Å². The molecular formula is C16H23N3O4S. The summed E-state index contributed by atoms with van der Waals surface area (Å²) in [6.07, 6.45) is 0.729. The second kappa shape index (κ2) is 9.27. The minimum absolute atomic E-state index is 0.00266. The molecule has 0 aromatic carbocycles. The molecule has 0 atom stereocenters. The van der Waals surface area contributed by atoms with Crippen LogP contribution in [0.4, 0.5) is 4.79 Å². The van der Waals surface area contributed by atoms with Gasteiger partial charge in [0.2, 0.25) is 11.8 Å². The zero-order chi connectivity index (χ0) is 17.4. The third-order valence-electron chi connectivity index (χ3n) is 3.77. The van der Waals surface area contributed by atoms with Crippen LogP contribution in [0.25, 0.3) is 0 Å². The third-order valence-corrected chi connectivity index (χ3v) is 4.71. The van der Waals surface area contributed by atoms with Crippen molar-refractivity contribution in [2.24, 2.45) is 0 Å². The maximum atomic E-state index is 12.1. The Morgan fingerprint density at radius 3 is 2.54 bits per heavy atom. The smallest absolute Gasteiger partial charge is 0.409 e. The van der Waals surface area contributed by atoms with Gasteiger partial charge in [-0.05, 0) is 24.8 Å². The van der Waals surface area contributed by atoms with Crippen molar-refractivity contribution in [2.75, 3.05) is 39.3 Å². The molecule has 132 valence electrons. The van der Waals surface area contributed by atoms with E-state index in [-0.39, 0.29) is 24.5 Å². The van der Waals surface area contributed by atoms with E-state index in [1.165, 1.54) is 0 Å². The van der Waals surface area contributed by atoms with Crippen LogP contribution in [0.2, 0.25) is 0 Å². The average molecular weight is 353 g/mol. The Bertz CT molecular complexity index is 554. The molecule has 0 aliphatic carbocycles. The SMILES string of the molecule is CCOC(=O)N1CCN(C(=O)CNC(=O)CCc2cccs2)CC1. The summed E-state index contributed by atoms with van der Waals surface area (Å²) < 4.78 is 4.94. The number of rotatable bonds is 6. The molecule has 0 radical (unpaired) electrons. The molecule has 1 aliphatic heterocycles. The predicted molar refractivity (Wildman–Crippen MR) is 90.8 cm³/mol. The molecule has 2 heterocycles. The van der Waals surface area contributed by atoms with E-state index >= 15 is 0 Å². The number of hydrogen-bond donors (Lipinski definition) is 1. The highest BCUT2D eigenvalue weighted by Crippen LogP contribution is 2.10. The van der Waals surface area contributed by atoms with E-state index in [1.807, 2.05) is 17.5 Å². The summed E-state index contributed by atoms with van der Waals surface area (Å²) in [6, 6.07) is 3.95. The summed E-state index contributed by atoms with van der Waals surface area (Å²) in [5, 5.41) is 4.64. The maximum Gasteiger partial charge on any atom is 0.409 e. The molecule has 1 aromatic heterocycles. The molecule has 3 amide bonds. The van der Waals surface area contributed by atoms with E-state index in [1.54, 1.807) is 28.1 Å². The van der Waals surface area contributed by atoms with Gasteiger partial charge in [-0.15, -0.1) is 11.3 Å². The molecule has 1 fully saturated rings. The summed E-state index contributed by atoms with van der Waals surface area (Å²) in [4.78, 5) is 39.9. The van der Waals surface area contributed by atoms with Crippen LogP contribution < -0.4 is 5.32 Å². The van der Waals surface area contributed by atoms with Gasteiger partial charge in [0, 0.05) is 37.5 Å². The quantitative estimate of drug-likeness (QED) is 0.831. The second-order valence-electron chi connectivity index (χ2n) is 5.42. The van der Waals surface area contributed by atoms with Gasteiger partial charge in [-0.1, -0.05) is 6.07 Å². The Hall–Kier alpha value is -2.09. The summed E-state index contributed by atoms with van der Waals surface area (Å²) in [7, 11) is 0. The highest BCUT2D eigenvalue weighted by Gasteiger charge is 2.24. The Kier molecular flexibility index (Phi) is 7.05. The molecule has 0 bridgehead atoms. The first-order chi connectivity index (χ1) is 11.6. The largest absolute Gasteiger partial charge is 0.450 e. The molecule has 1 aromatic rings. The maximum absolute atomic E-state index is 12.1. The van der Waals surface area contributed by atoms with E-state index < -0.39 is 0 Å². The average Bonchev–Trinajstić information content (AvgIpc) is 3.11. The second-order valence-corrected chi connectivity index (χ2v) is 6.46. The van der Waals surface area contributed by atoms with Crippen molar-refractivity contribution < 1.29 is 19.1 Å². The standard InChI is InChI=1S/C16H23N3O4S/c1-2-23-16(22)19-9-7-18(8-10-19)15(21)12-17-14(20)6-5-13-4-3-11-24-13/h3-4,11H,2,5-10,12H2,1H3,(H,17,20). The number of amides is 3. The molecule has 8 heteroatoms. The first-order valence-corrected chi connectivity index (χ1v) is 8.96. The zero-order valence-corrected chi connectivity index (χ0v) is 14.6. The van der Waals surface area contributed by atoms with Gasteiger partial charge in [-0.25, -0.2) is 4.79 Å².